The fourth-order valence-electron chi connectivity index (χ4n) is 2.55. The van der Waals surface area contributed by atoms with Crippen LogP contribution in [0.1, 0.15) is 68.9 Å². The SMILES string of the molecule is CCCCN(CC)c1nc(C2CC2)c(CNC2CC2)s1. The second kappa shape index (κ2) is 6.44. The van der Waals surface area contributed by atoms with E-state index in [4.69, 9.17) is 4.98 Å². The molecule has 0 aromatic carbocycles. The fourth-order valence-corrected chi connectivity index (χ4v) is 3.74. The van der Waals surface area contributed by atoms with Crippen LogP contribution in [0.2, 0.25) is 0 Å². The summed E-state index contributed by atoms with van der Waals surface area (Å²) in [5.41, 5.74) is 1.41. The van der Waals surface area contributed by atoms with Crippen LogP contribution in [0.5, 0.6) is 0 Å². The summed E-state index contributed by atoms with van der Waals surface area (Å²) < 4.78 is 0. The van der Waals surface area contributed by atoms with Gasteiger partial charge < -0.3 is 10.2 Å². The van der Waals surface area contributed by atoms with E-state index in [9.17, 15) is 0 Å². The van der Waals surface area contributed by atoms with Gasteiger partial charge in [-0.3, -0.25) is 0 Å². The van der Waals surface area contributed by atoms with Crippen LogP contribution in [0.3, 0.4) is 0 Å². The molecule has 0 spiro atoms. The van der Waals surface area contributed by atoms with E-state index in [0.717, 1.165) is 31.6 Å². The Kier molecular flexibility index (Phi) is 4.61. The van der Waals surface area contributed by atoms with Crippen molar-refractivity contribution in [2.24, 2.45) is 0 Å². The molecule has 0 radical (unpaired) electrons. The molecular weight excluding hydrogens is 266 g/mol. The molecule has 3 rings (SSSR count). The summed E-state index contributed by atoms with van der Waals surface area (Å²) in [7, 11) is 0. The van der Waals surface area contributed by atoms with Gasteiger partial charge in [-0.25, -0.2) is 4.98 Å². The molecule has 0 unspecified atom stereocenters. The van der Waals surface area contributed by atoms with Crippen molar-refractivity contribution < 1.29 is 0 Å². The van der Waals surface area contributed by atoms with Crippen LogP contribution in [0, 0.1) is 0 Å². The number of rotatable bonds is 9. The van der Waals surface area contributed by atoms with E-state index in [-0.39, 0.29) is 0 Å². The molecule has 20 heavy (non-hydrogen) atoms. The van der Waals surface area contributed by atoms with Gasteiger partial charge in [0.15, 0.2) is 5.13 Å². The van der Waals surface area contributed by atoms with Crippen molar-refractivity contribution in [1.82, 2.24) is 10.3 Å². The van der Waals surface area contributed by atoms with Gasteiger partial charge in [-0.1, -0.05) is 13.3 Å². The summed E-state index contributed by atoms with van der Waals surface area (Å²) in [6, 6.07) is 0.787. The maximum Gasteiger partial charge on any atom is 0.185 e. The standard InChI is InChI=1S/C16H27N3S/c1-3-5-10-19(4-2)16-18-15(12-6-7-12)14(20-16)11-17-13-8-9-13/h12-13,17H,3-11H2,1-2H3. The molecule has 0 saturated heterocycles. The van der Waals surface area contributed by atoms with E-state index in [0.29, 0.717) is 0 Å². The summed E-state index contributed by atoms with van der Waals surface area (Å²) in [6.07, 6.45) is 7.95. The predicted molar refractivity (Wildman–Crippen MR) is 86.7 cm³/mol. The maximum atomic E-state index is 5.00. The molecule has 0 atom stereocenters. The normalized spacial score (nSPS) is 18.5. The minimum atomic E-state index is 0.765. The average Bonchev–Trinajstić information content (AvgIpc) is 3.37. The zero-order chi connectivity index (χ0) is 13.9. The van der Waals surface area contributed by atoms with E-state index in [1.165, 1.54) is 54.2 Å². The number of aromatic nitrogens is 1. The molecule has 2 aliphatic rings. The van der Waals surface area contributed by atoms with Gasteiger partial charge in [-0.2, -0.15) is 0 Å². The van der Waals surface area contributed by atoms with Crippen LogP contribution in [0.25, 0.3) is 0 Å². The predicted octanol–water partition coefficient (Wildman–Crippen LogP) is 3.90. The van der Waals surface area contributed by atoms with E-state index in [1.807, 2.05) is 11.3 Å². The number of hydrogen-bond acceptors (Lipinski definition) is 4. The van der Waals surface area contributed by atoms with Gasteiger partial charge in [0.1, 0.15) is 0 Å². The fraction of sp³-hybridized carbons (Fsp3) is 0.812. The third-order valence-corrected chi connectivity index (χ3v) is 5.37. The summed E-state index contributed by atoms with van der Waals surface area (Å²) >= 11 is 1.93. The minimum Gasteiger partial charge on any atom is -0.348 e. The van der Waals surface area contributed by atoms with Gasteiger partial charge in [-0.05, 0) is 39.0 Å². The van der Waals surface area contributed by atoms with Crippen LogP contribution in [0.4, 0.5) is 5.13 Å². The van der Waals surface area contributed by atoms with Crippen LogP contribution < -0.4 is 10.2 Å². The molecular formula is C16H27N3S. The Hall–Kier alpha value is -0.610. The quantitative estimate of drug-likeness (QED) is 0.748. The Balaban J connectivity index is 1.70. The molecule has 0 aliphatic heterocycles. The third-order valence-electron chi connectivity index (χ3n) is 4.24. The van der Waals surface area contributed by atoms with Gasteiger partial charge in [0.05, 0.1) is 5.69 Å². The lowest BCUT2D eigenvalue weighted by Gasteiger charge is -2.19. The van der Waals surface area contributed by atoms with Gasteiger partial charge in [0, 0.05) is 36.5 Å². The van der Waals surface area contributed by atoms with Crippen molar-refractivity contribution in [2.45, 2.75) is 70.9 Å². The van der Waals surface area contributed by atoms with E-state index >= 15 is 0 Å². The highest BCUT2D eigenvalue weighted by Crippen LogP contribution is 2.44. The van der Waals surface area contributed by atoms with Gasteiger partial charge in [0.25, 0.3) is 0 Å². The third kappa shape index (κ3) is 3.53. The Morgan fingerprint density at radius 2 is 2.05 bits per heavy atom. The van der Waals surface area contributed by atoms with Crippen LogP contribution in [-0.4, -0.2) is 24.1 Å². The topological polar surface area (TPSA) is 28.2 Å². The molecule has 0 bridgehead atoms. The maximum absolute atomic E-state index is 5.00. The Morgan fingerprint density at radius 1 is 1.25 bits per heavy atom. The average molecular weight is 293 g/mol. The zero-order valence-electron chi connectivity index (χ0n) is 12.8. The van der Waals surface area contributed by atoms with Gasteiger partial charge in [-0.15, -0.1) is 11.3 Å². The largest absolute Gasteiger partial charge is 0.348 e. The zero-order valence-corrected chi connectivity index (χ0v) is 13.6. The first-order valence-corrected chi connectivity index (χ1v) is 9.11. The highest BCUT2D eigenvalue weighted by Gasteiger charge is 2.31. The van der Waals surface area contributed by atoms with E-state index < -0.39 is 0 Å². The number of thiazole rings is 1. The molecule has 2 fully saturated rings. The molecule has 1 aromatic heterocycles. The van der Waals surface area contributed by atoms with Gasteiger partial charge in [0.2, 0.25) is 0 Å². The second-order valence-corrected chi connectivity index (χ2v) is 7.23. The monoisotopic (exact) mass is 293 g/mol. The molecule has 3 nitrogen and oxygen atoms in total. The first-order chi connectivity index (χ1) is 9.81. The Bertz CT molecular complexity index is 435. The highest BCUT2D eigenvalue weighted by molar-refractivity contribution is 7.15. The summed E-state index contributed by atoms with van der Waals surface area (Å²) in [5.74, 6) is 0.765. The molecule has 4 heteroatoms. The molecule has 0 amide bonds. The number of nitrogens with one attached hydrogen (secondary N) is 1. The number of unbranched alkanes of at least 4 members (excludes halogenated alkanes) is 1. The van der Waals surface area contributed by atoms with Crippen molar-refractivity contribution in [3.8, 4) is 0 Å². The van der Waals surface area contributed by atoms with Crippen molar-refractivity contribution in [3.63, 3.8) is 0 Å². The molecule has 112 valence electrons. The first kappa shape index (κ1) is 14.3. The summed E-state index contributed by atoms with van der Waals surface area (Å²) in [6.45, 7) is 7.78. The van der Waals surface area contributed by atoms with E-state index in [2.05, 4.69) is 24.1 Å². The van der Waals surface area contributed by atoms with Crippen LogP contribution >= 0.6 is 11.3 Å². The lowest BCUT2D eigenvalue weighted by Crippen LogP contribution is -2.23. The van der Waals surface area contributed by atoms with Crippen molar-refractivity contribution in [2.75, 3.05) is 18.0 Å². The second-order valence-electron chi connectivity index (χ2n) is 6.17. The smallest absolute Gasteiger partial charge is 0.185 e. The van der Waals surface area contributed by atoms with Crippen molar-refractivity contribution >= 4 is 16.5 Å². The van der Waals surface area contributed by atoms with E-state index in [1.54, 1.807) is 0 Å². The Labute approximate surface area is 126 Å². The minimum absolute atomic E-state index is 0.765. The lowest BCUT2D eigenvalue weighted by molar-refractivity contribution is 0.688. The Morgan fingerprint density at radius 3 is 2.65 bits per heavy atom. The van der Waals surface area contributed by atoms with Gasteiger partial charge >= 0.3 is 0 Å². The number of hydrogen-bond donors (Lipinski definition) is 1. The van der Waals surface area contributed by atoms with Crippen LogP contribution in [-0.2, 0) is 6.54 Å². The molecule has 1 N–H and O–H groups in total. The van der Waals surface area contributed by atoms with Crippen molar-refractivity contribution in [3.05, 3.63) is 10.6 Å². The summed E-state index contributed by atoms with van der Waals surface area (Å²) in [5, 5.41) is 4.92. The summed E-state index contributed by atoms with van der Waals surface area (Å²) in [4.78, 5) is 8.96. The molecule has 2 aliphatic carbocycles. The molecule has 2 saturated carbocycles. The van der Waals surface area contributed by atoms with Crippen molar-refractivity contribution in [1.29, 1.82) is 0 Å². The molecule has 1 aromatic rings. The van der Waals surface area contributed by atoms with Crippen LogP contribution in [0.15, 0.2) is 0 Å². The highest BCUT2D eigenvalue weighted by atomic mass is 32.1. The molecule has 1 heterocycles. The number of anilines is 1. The lowest BCUT2D eigenvalue weighted by atomic mass is 10.2. The number of nitrogens with zero attached hydrogens (tertiary/aromatic N) is 2. The first-order valence-electron chi connectivity index (χ1n) is 8.29.